The fourth-order valence-corrected chi connectivity index (χ4v) is 5.49. The van der Waals surface area contributed by atoms with E-state index in [1.54, 1.807) is 26.4 Å². The predicted molar refractivity (Wildman–Crippen MR) is 162 cm³/mol. The maximum Gasteiger partial charge on any atom is 0.276 e. The molecule has 0 saturated carbocycles. The summed E-state index contributed by atoms with van der Waals surface area (Å²) in [4.78, 5) is 14.4. The third kappa shape index (κ3) is 7.32. The Morgan fingerprint density at radius 2 is 1.62 bits per heavy atom. The van der Waals surface area contributed by atoms with Crippen LogP contribution in [0.15, 0.2) is 60.7 Å². The lowest BCUT2D eigenvalue weighted by atomic mass is 9.97. The van der Waals surface area contributed by atoms with Crippen LogP contribution in [0, 0.1) is 0 Å². The van der Waals surface area contributed by atoms with Crippen molar-refractivity contribution in [3.63, 3.8) is 0 Å². The van der Waals surface area contributed by atoms with Gasteiger partial charge in [-0.25, -0.2) is 0 Å². The van der Waals surface area contributed by atoms with Gasteiger partial charge in [0, 0.05) is 37.3 Å². The molecule has 0 unspecified atom stereocenters. The van der Waals surface area contributed by atoms with Crippen LogP contribution < -0.4 is 14.8 Å². The van der Waals surface area contributed by atoms with Crippen molar-refractivity contribution >= 4 is 46.4 Å². The summed E-state index contributed by atoms with van der Waals surface area (Å²) in [7, 11) is 3.30. The molecular formula is C31H33Cl3N2O6. The van der Waals surface area contributed by atoms with E-state index in [0.29, 0.717) is 12.1 Å². The third-order valence-electron chi connectivity index (χ3n) is 7.57. The van der Waals surface area contributed by atoms with E-state index < -0.39 is 16.0 Å². The van der Waals surface area contributed by atoms with Crippen LogP contribution in [0.1, 0.15) is 46.6 Å². The molecule has 1 amide bonds. The van der Waals surface area contributed by atoms with E-state index in [-0.39, 0.29) is 18.8 Å². The molecule has 3 atom stereocenters. The van der Waals surface area contributed by atoms with Gasteiger partial charge in [-0.15, -0.1) is 0 Å². The standard InChI is InChI=1S/C31H33Cl3N2O6/c1-39-27-13-22-11-12-36(16-23(22)14-28(27)40-2)17-25-15-26(20-5-3-19(18-37)4-6-20)42-29(41-25)21-7-9-24(10-8-21)35-30(38)31(32,33)34/h3-10,13-14,25-26,29,37H,11-12,15-18H2,1-2H3,(H,35,38)/t25-,26+,29+/m1/s1. The van der Waals surface area contributed by atoms with E-state index in [2.05, 4.69) is 22.3 Å². The number of nitrogens with one attached hydrogen (secondary N) is 1. The molecule has 5 rings (SSSR count). The molecule has 0 spiro atoms. The van der Waals surface area contributed by atoms with E-state index in [0.717, 1.165) is 54.2 Å². The molecule has 2 aliphatic heterocycles. The number of alkyl halides is 3. The SMILES string of the molecule is COc1cc2c(cc1OC)CN(C[C@H]1C[C@@H](c3ccc(CO)cc3)O[C@@H](c3ccc(NC(=O)C(Cl)(Cl)Cl)cc3)O1)CC2. The highest BCUT2D eigenvalue weighted by Crippen LogP contribution is 2.39. The molecule has 224 valence electrons. The van der Waals surface area contributed by atoms with E-state index in [9.17, 15) is 9.90 Å². The molecule has 2 aliphatic rings. The Kier molecular flexibility index (Phi) is 9.84. The van der Waals surface area contributed by atoms with Gasteiger partial charge in [0.2, 0.25) is 0 Å². The number of rotatable bonds is 8. The summed E-state index contributed by atoms with van der Waals surface area (Å²) in [6.45, 7) is 2.36. The summed E-state index contributed by atoms with van der Waals surface area (Å²) < 4.78 is 21.9. The van der Waals surface area contributed by atoms with E-state index in [1.165, 1.54) is 11.1 Å². The van der Waals surface area contributed by atoms with E-state index in [4.69, 9.17) is 53.8 Å². The van der Waals surface area contributed by atoms with E-state index in [1.807, 2.05) is 36.4 Å². The minimum Gasteiger partial charge on any atom is -0.493 e. The zero-order chi connectivity index (χ0) is 29.9. The first kappa shape index (κ1) is 30.9. The Labute approximate surface area is 260 Å². The van der Waals surface area contributed by atoms with Crippen molar-refractivity contribution < 1.29 is 28.8 Å². The first-order valence-electron chi connectivity index (χ1n) is 13.6. The monoisotopic (exact) mass is 634 g/mol. The highest BCUT2D eigenvalue weighted by atomic mass is 35.6. The van der Waals surface area contributed by atoms with Crippen molar-refractivity contribution in [3.05, 3.63) is 88.5 Å². The molecule has 0 radical (unpaired) electrons. The Morgan fingerprint density at radius 3 is 2.24 bits per heavy atom. The lowest BCUT2D eigenvalue weighted by Crippen LogP contribution is -2.41. The van der Waals surface area contributed by atoms with Gasteiger partial charge in [0.1, 0.15) is 0 Å². The summed E-state index contributed by atoms with van der Waals surface area (Å²) in [6.07, 6.45) is 0.603. The van der Waals surface area contributed by atoms with Gasteiger partial charge in [-0.3, -0.25) is 9.69 Å². The minimum atomic E-state index is -2.06. The number of benzene rings is 3. The number of aliphatic hydroxyl groups excluding tert-OH is 1. The van der Waals surface area contributed by atoms with Crippen LogP contribution in [0.25, 0.3) is 0 Å². The number of carbonyl (C=O) groups excluding carboxylic acids is 1. The third-order valence-corrected chi connectivity index (χ3v) is 8.09. The average molecular weight is 636 g/mol. The summed E-state index contributed by atoms with van der Waals surface area (Å²) in [5.74, 6) is 0.727. The summed E-state index contributed by atoms with van der Waals surface area (Å²) in [5, 5.41) is 12.1. The van der Waals surface area contributed by atoms with Gasteiger partial charge in [0.15, 0.2) is 17.8 Å². The van der Waals surface area contributed by atoms with Crippen molar-refractivity contribution in [3.8, 4) is 11.5 Å². The van der Waals surface area contributed by atoms with Crippen molar-refractivity contribution in [2.45, 2.75) is 48.3 Å². The molecule has 2 heterocycles. The smallest absolute Gasteiger partial charge is 0.276 e. The molecule has 2 N–H and O–H groups in total. The van der Waals surface area contributed by atoms with Gasteiger partial charge in [0.05, 0.1) is 33.0 Å². The van der Waals surface area contributed by atoms with Crippen LogP contribution in [0.5, 0.6) is 11.5 Å². The first-order valence-corrected chi connectivity index (χ1v) is 14.7. The zero-order valence-electron chi connectivity index (χ0n) is 23.3. The van der Waals surface area contributed by atoms with Gasteiger partial charge in [-0.1, -0.05) is 71.2 Å². The number of hydrogen-bond acceptors (Lipinski definition) is 7. The summed E-state index contributed by atoms with van der Waals surface area (Å²) >= 11 is 17.0. The Bertz CT molecular complexity index is 1380. The van der Waals surface area contributed by atoms with Crippen LogP contribution in [0.2, 0.25) is 0 Å². The topological polar surface area (TPSA) is 89.5 Å². The molecule has 3 aromatic carbocycles. The second-order valence-corrected chi connectivity index (χ2v) is 12.7. The van der Waals surface area contributed by atoms with Gasteiger partial charge in [-0.2, -0.15) is 0 Å². The first-order chi connectivity index (χ1) is 20.2. The van der Waals surface area contributed by atoms with Crippen LogP contribution in [-0.2, 0) is 33.8 Å². The predicted octanol–water partition coefficient (Wildman–Crippen LogP) is 6.11. The number of hydrogen-bond donors (Lipinski definition) is 2. The maximum atomic E-state index is 12.1. The fourth-order valence-electron chi connectivity index (χ4n) is 5.34. The van der Waals surface area contributed by atoms with Gasteiger partial charge >= 0.3 is 0 Å². The molecule has 8 nitrogen and oxygen atoms in total. The van der Waals surface area contributed by atoms with Crippen molar-refractivity contribution in [2.24, 2.45) is 0 Å². The van der Waals surface area contributed by atoms with Crippen LogP contribution in [0.4, 0.5) is 5.69 Å². The number of halogens is 3. The quantitative estimate of drug-likeness (QED) is 0.289. The van der Waals surface area contributed by atoms with Crippen LogP contribution >= 0.6 is 34.8 Å². The average Bonchev–Trinajstić information content (AvgIpc) is 3.00. The lowest BCUT2D eigenvalue weighted by Gasteiger charge is -2.39. The molecule has 42 heavy (non-hydrogen) atoms. The fraction of sp³-hybridized carbons (Fsp3) is 0.387. The molecule has 0 bridgehead atoms. The van der Waals surface area contributed by atoms with Gasteiger partial charge in [-0.05, 0) is 52.9 Å². The number of methoxy groups -OCH3 is 2. The molecule has 3 aromatic rings. The largest absolute Gasteiger partial charge is 0.493 e. The summed E-state index contributed by atoms with van der Waals surface area (Å²) in [6, 6.07) is 19.0. The Hall–Kier alpha value is -2.56. The van der Waals surface area contributed by atoms with E-state index >= 15 is 0 Å². The lowest BCUT2D eigenvalue weighted by molar-refractivity contribution is -0.253. The highest BCUT2D eigenvalue weighted by molar-refractivity contribution is 6.76. The van der Waals surface area contributed by atoms with Gasteiger partial charge < -0.3 is 29.4 Å². The Balaban J connectivity index is 1.34. The van der Waals surface area contributed by atoms with Crippen LogP contribution in [0.3, 0.4) is 0 Å². The number of carbonyl (C=O) groups is 1. The molecule has 0 aliphatic carbocycles. The highest BCUT2D eigenvalue weighted by Gasteiger charge is 2.34. The van der Waals surface area contributed by atoms with Crippen molar-refractivity contribution in [1.82, 2.24) is 4.90 Å². The molecule has 11 heteroatoms. The van der Waals surface area contributed by atoms with Crippen molar-refractivity contribution in [2.75, 3.05) is 32.6 Å². The molecule has 1 saturated heterocycles. The Morgan fingerprint density at radius 1 is 0.976 bits per heavy atom. The molecular weight excluding hydrogens is 603 g/mol. The van der Waals surface area contributed by atoms with Crippen molar-refractivity contribution in [1.29, 1.82) is 0 Å². The number of ether oxygens (including phenoxy) is 4. The maximum absolute atomic E-state index is 12.1. The minimum absolute atomic E-state index is 0.0194. The van der Waals surface area contributed by atoms with Crippen LogP contribution in [-0.4, -0.2) is 53.1 Å². The summed E-state index contributed by atoms with van der Waals surface area (Å²) in [5.41, 5.74) is 5.61. The number of aliphatic hydroxyl groups is 1. The number of anilines is 1. The molecule has 0 aromatic heterocycles. The second-order valence-electron chi connectivity index (χ2n) is 10.4. The normalized spacial score (nSPS) is 21.0. The number of fused-ring (bicyclic) bond motifs is 1. The van der Waals surface area contributed by atoms with Gasteiger partial charge in [0.25, 0.3) is 9.70 Å². The second kappa shape index (κ2) is 13.4. The zero-order valence-corrected chi connectivity index (χ0v) is 25.6. The number of amides is 1. The number of nitrogens with zero attached hydrogens (tertiary/aromatic N) is 1. The molecule has 1 fully saturated rings.